The molecular formula is C11H8Cl2IN. The van der Waals surface area contributed by atoms with E-state index < -0.39 is 0 Å². The number of aryl methyl sites for hydroxylation is 2. The molecule has 15 heavy (non-hydrogen) atoms. The molecule has 1 heterocycles. The Kier molecular flexibility index (Phi) is 3.10. The topological polar surface area (TPSA) is 12.9 Å². The fraction of sp³-hybridized carbons (Fsp3) is 0.182. The highest BCUT2D eigenvalue weighted by molar-refractivity contribution is 14.1. The highest BCUT2D eigenvalue weighted by atomic mass is 127. The van der Waals surface area contributed by atoms with Crippen LogP contribution in [0.5, 0.6) is 0 Å². The Labute approximate surface area is 112 Å². The Morgan fingerprint density at radius 3 is 2.53 bits per heavy atom. The first kappa shape index (κ1) is 11.4. The zero-order valence-corrected chi connectivity index (χ0v) is 11.9. The van der Waals surface area contributed by atoms with Crippen LogP contribution in [0.4, 0.5) is 0 Å². The molecule has 0 saturated carbocycles. The number of benzene rings is 1. The zero-order chi connectivity index (χ0) is 11.2. The lowest BCUT2D eigenvalue weighted by Gasteiger charge is -2.08. The standard InChI is InChI=1S/C11H8Cl2IN/c1-5-8(12)4-3-7-9(13)10(14)6(2)15-11(5)7/h3-4H,1-2H3. The zero-order valence-electron chi connectivity index (χ0n) is 8.24. The lowest BCUT2D eigenvalue weighted by atomic mass is 10.1. The van der Waals surface area contributed by atoms with Gasteiger partial charge in [-0.25, -0.2) is 0 Å². The molecule has 1 nitrogen and oxygen atoms in total. The summed E-state index contributed by atoms with van der Waals surface area (Å²) >= 11 is 14.5. The first-order valence-corrected chi connectivity index (χ1v) is 6.26. The lowest BCUT2D eigenvalue weighted by molar-refractivity contribution is 1.22. The van der Waals surface area contributed by atoms with E-state index in [0.717, 1.165) is 35.8 Å². The first-order chi connectivity index (χ1) is 7.02. The largest absolute Gasteiger partial charge is 0.252 e. The number of aromatic nitrogens is 1. The maximum absolute atomic E-state index is 6.27. The number of hydrogen-bond donors (Lipinski definition) is 0. The van der Waals surface area contributed by atoms with Crippen molar-refractivity contribution in [3.05, 3.63) is 37.0 Å². The van der Waals surface area contributed by atoms with E-state index in [1.165, 1.54) is 0 Å². The Balaban J connectivity index is 2.98. The Hall–Kier alpha value is -0.0600. The summed E-state index contributed by atoms with van der Waals surface area (Å²) in [6.45, 7) is 3.91. The molecule has 0 aliphatic carbocycles. The van der Waals surface area contributed by atoms with Gasteiger partial charge in [0.25, 0.3) is 0 Å². The molecule has 2 aromatic rings. The van der Waals surface area contributed by atoms with E-state index in [2.05, 4.69) is 27.6 Å². The van der Waals surface area contributed by atoms with Gasteiger partial charge in [0.05, 0.1) is 19.8 Å². The summed E-state index contributed by atoms with van der Waals surface area (Å²) in [5, 5.41) is 2.46. The molecule has 2 rings (SSSR count). The van der Waals surface area contributed by atoms with Gasteiger partial charge >= 0.3 is 0 Å². The van der Waals surface area contributed by atoms with Crippen molar-refractivity contribution in [3.63, 3.8) is 0 Å². The van der Waals surface area contributed by atoms with Crippen molar-refractivity contribution in [3.8, 4) is 0 Å². The Morgan fingerprint density at radius 1 is 1.20 bits per heavy atom. The molecule has 78 valence electrons. The first-order valence-electron chi connectivity index (χ1n) is 4.42. The molecule has 0 spiro atoms. The van der Waals surface area contributed by atoms with Crippen molar-refractivity contribution in [1.82, 2.24) is 4.98 Å². The predicted molar refractivity (Wildman–Crippen MR) is 74.0 cm³/mol. The molecule has 0 aliphatic heterocycles. The van der Waals surface area contributed by atoms with Crippen LogP contribution < -0.4 is 0 Å². The molecule has 0 fully saturated rings. The summed E-state index contributed by atoms with van der Waals surface area (Å²) in [5.41, 5.74) is 2.82. The van der Waals surface area contributed by atoms with Gasteiger partial charge in [0.1, 0.15) is 0 Å². The van der Waals surface area contributed by atoms with E-state index >= 15 is 0 Å². The third kappa shape index (κ3) is 1.83. The highest BCUT2D eigenvalue weighted by Crippen LogP contribution is 2.32. The van der Waals surface area contributed by atoms with Gasteiger partial charge in [0.2, 0.25) is 0 Å². The van der Waals surface area contributed by atoms with Crippen LogP contribution in [0, 0.1) is 17.4 Å². The third-order valence-electron chi connectivity index (χ3n) is 2.39. The number of fused-ring (bicyclic) bond motifs is 1. The molecule has 0 saturated heterocycles. The second-order valence-corrected chi connectivity index (χ2v) is 5.26. The fourth-order valence-corrected chi connectivity index (χ4v) is 2.34. The molecule has 1 aromatic carbocycles. The number of rotatable bonds is 0. The number of nitrogens with zero attached hydrogens (tertiary/aromatic N) is 1. The molecular weight excluding hydrogens is 344 g/mol. The quantitative estimate of drug-likeness (QED) is 0.623. The maximum atomic E-state index is 6.27. The van der Waals surface area contributed by atoms with Crippen molar-refractivity contribution in [2.45, 2.75) is 13.8 Å². The molecule has 0 amide bonds. The van der Waals surface area contributed by atoms with Gasteiger partial charge < -0.3 is 0 Å². The van der Waals surface area contributed by atoms with Gasteiger partial charge in [-0.3, -0.25) is 4.98 Å². The van der Waals surface area contributed by atoms with Crippen LogP contribution in [0.25, 0.3) is 10.9 Å². The molecule has 1 aromatic heterocycles. The number of pyridine rings is 1. The fourth-order valence-electron chi connectivity index (χ4n) is 1.49. The highest BCUT2D eigenvalue weighted by Gasteiger charge is 2.11. The molecule has 0 N–H and O–H groups in total. The van der Waals surface area contributed by atoms with E-state index in [1.807, 2.05) is 26.0 Å². The van der Waals surface area contributed by atoms with Crippen molar-refractivity contribution in [2.75, 3.05) is 0 Å². The van der Waals surface area contributed by atoms with Crippen LogP contribution in [0.3, 0.4) is 0 Å². The Morgan fingerprint density at radius 2 is 1.87 bits per heavy atom. The van der Waals surface area contributed by atoms with Crippen LogP contribution in [0.2, 0.25) is 10.0 Å². The second kappa shape index (κ2) is 4.07. The van der Waals surface area contributed by atoms with Crippen molar-refractivity contribution < 1.29 is 0 Å². The maximum Gasteiger partial charge on any atom is 0.0764 e. The Bertz CT molecular complexity index is 552. The van der Waals surface area contributed by atoms with E-state index in [1.54, 1.807) is 0 Å². The number of halogens is 3. The SMILES string of the molecule is Cc1nc2c(C)c(Cl)ccc2c(Cl)c1I. The second-order valence-electron chi connectivity index (χ2n) is 3.39. The van der Waals surface area contributed by atoms with Crippen LogP contribution in [0.1, 0.15) is 11.3 Å². The van der Waals surface area contributed by atoms with Gasteiger partial charge in [-0.1, -0.05) is 23.2 Å². The monoisotopic (exact) mass is 351 g/mol. The molecule has 0 atom stereocenters. The summed E-state index contributed by atoms with van der Waals surface area (Å²) in [4.78, 5) is 4.52. The summed E-state index contributed by atoms with van der Waals surface area (Å²) in [6.07, 6.45) is 0. The summed E-state index contributed by atoms with van der Waals surface area (Å²) < 4.78 is 1.00. The summed E-state index contributed by atoms with van der Waals surface area (Å²) in [6, 6.07) is 3.78. The smallest absolute Gasteiger partial charge is 0.0764 e. The average Bonchev–Trinajstić information content (AvgIpc) is 2.21. The van der Waals surface area contributed by atoms with E-state index in [-0.39, 0.29) is 0 Å². The van der Waals surface area contributed by atoms with Crippen LogP contribution in [0.15, 0.2) is 12.1 Å². The third-order valence-corrected chi connectivity index (χ3v) is 4.83. The lowest BCUT2D eigenvalue weighted by Crippen LogP contribution is -1.93. The molecule has 0 unspecified atom stereocenters. The van der Waals surface area contributed by atoms with Crippen LogP contribution in [-0.4, -0.2) is 4.98 Å². The van der Waals surface area contributed by atoms with Gasteiger partial charge in [-0.2, -0.15) is 0 Å². The van der Waals surface area contributed by atoms with Crippen LogP contribution in [-0.2, 0) is 0 Å². The molecule has 0 aliphatic rings. The number of hydrogen-bond acceptors (Lipinski definition) is 1. The van der Waals surface area contributed by atoms with Gasteiger partial charge in [0.15, 0.2) is 0 Å². The van der Waals surface area contributed by atoms with E-state index in [9.17, 15) is 0 Å². The molecule has 0 bridgehead atoms. The average molecular weight is 352 g/mol. The summed E-state index contributed by atoms with van der Waals surface area (Å²) in [7, 11) is 0. The van der Waals surface area contributed by atoms with Gasteiger partial charge in [0, 0.05) is 10.4 Å². The predicted octanol–water partition coefficient (Wildman–Crippen LogP) is 4.76. The molecule has 4 heteroatoms. The minimum absolute atomic E-state index is 0.728. The van der Waals surface area contributed by atoms with E-state index in [0.29, 0.717) is 0 Å². The normalized spacial score (nSPS) is 11.0. The van der Waals surface area contributed by atoms with Crippen molar-refractivity contribution in [1.29, 1.82) is 0 Å². The van der Waals surface area contributed by atoms with Crippen molar-refractivity contribution >= 4 is 56.7 Å². The van der Waals surface area contributed by atoms with Gasteiger partial charge in [-0.05, 0) is 54.1 Å². The van der Waals surface area contributed by atoms with Crippen LogP contribution >= 0.6 is 45.8 Å². The molecule has 0 radical (unpaired) electrons. The summed E-state index contributed by atoms with van der Waals surface area (Å²) in [5.74, 6) is 0. The minimum atomic E-state index is 0.728. The van der Waals surface area contributed by atoms with E-state index in [4.69, 9.17) is 23.2 Å². The van der Waals surface area contributed by atoms with Gasteiger partial charge in [-0.15, -0.1) is 0 Å². The van der Waals surface area contributed by atoms with Crippen molar-refractivity contribution in [2.24, 2.45) is 0 Å². The minimum Gasteiger partial charge on any atom is -0.252 e.